The topological polar surface area (TPSA) is 48.1 Å². The number of rotatable bonds is 3. The summed E-state index contributed by atoms with van der Waals surface area (Å²) in [6, 6.07) is 15.9. The Kier molecular flexibility index (Phi) is 3.80. The van der Waals surface area contributed by atoms with E-state index in [-0.39, 0.29) is 6.10 Å². The highest BCUT2D eigenvalue weighted by Crippen LogP contribution is 2.35. The largest absolute Gasteiger partial charge is 0.483 e. The van der Waals surface area contributed by atoms with Crippen LogP contribution in [0.15, 0.2) is 59.2 Å². The van der Waals surface area contributed by atoms with E-state index < -0.39 is 0 Å². The Morgan fingerprint density at radius 3 is 2.67 bits per heavy atom. The summed E-state index contributed by atoms with van der Waals surface area (Å²) in [5.74, 6) is 0.678. The highest BCUT2D eigenvalue weighted by atomic mass is 79.9. The van der Waals surface area contributed by atoms with Crippen molar-refractivity contribution in [3.05, 3.63) is 64.8 Å². The molecule has 0 radical (unpaired) electrons. The third-order valence-corrected chi connectivity index (χ3v) is 3.87. The summed E-state index contributed by atoms with van der Waals surface area (Å²) in [5, 5.41) is 0.909. The van der Waals surface area contributed by atoms with Crippen LogP contribution in [0, 0.1) is 0 Å². The number of nitrogen functional groups attached to an aromatic ring is 1. The van der Waals surface area contributed by atoms with E-state index in [9.17, 15) is 0 Å². The van der Waals surface area contributed by atoms with Crippen molar-refractivity contribution in [2.75, 3.05) is 5.73 Å². The molecule has 4 heteroatoms. The van der Waals surface area contributed by atoms with Crippen molar-refractivity contribution >= 4 is 32.5 Å². The van der Waals surface area contributed by atoms with Crippen LogP contribution < -0.4 is 10.5 Å². The van der Waals surface area contributed by atoms with Gasteiger partial charge in [0.25, 0.3) is 0 Å². The van der Waals surface area contributed by atoms with E-state index in [1.807, 2.05) is 55.5 Å². The first kappa shape index (κ1) is 13.9. The highest BCUT2D eigenvalue weighted by molar-refractivity contribution is 9.10. The van der Waals surface area contributed by atoms with Crippen LogP contribution in [0.5, 0.6) is 5.75 Å². The molecule has 0 saturated heterocycles. The SMILES string of the molecule is CC(Oc1c(N)cnc2ccc(Br)cc12)c1ccccc1. The van der Waals surface area contributed by atoms with Crippen molar-refractivity contribution in [1.82, 2.24) is 4.98 Å². The van der Waals surface area contributed by atoms with Crippen molar-refractivity contribution in [3.63, 3.8) is 0 Å². The molecular formula is C17H15BrN2O. The molecule has 0 aliphatic heterocycles. The van der Waals surface area contributed by atoms with Gasteiger partial charge in [0.15, 0.2) is 5.75 Å². The Bertz CT molecular complexity index is 769. The van der Waals surface area contributed by atoms with Gasteiger partial charge in [0.05, 0.1) is 17.4 Å². The molecule has 1 aromatic heterocycles. The molecule has 3 rings (SSSR count). The molecule has 0 spiro atoms. The number of anilines is 1. The van der Waals surface area contributed by atoms with Gasteiger partial charge in [-0.1, -0.05) is 46.3 Å². The zero-order valence-corrected chi connectivity index (χ0v) is 13.2. The normalized spacial score (nSPS) is 12.3. The number of ether oxygens (including phenoxy) is 1. The maximum absolute atomic E-state index is 6.11. The van der Waals surface area contributed by atoms with E-state index in [0.29, 0.717) is 11.4 Å². The van der Waals surface area contributed by atoms with Crippen LogP contribution in [0.3, 0.4) is 0 Å². The van der Waals surface area contributed by atoms with Crippen LogP contribution in [0.4, 0.5) is 5.69 Å². The first-order chi connectivity index (χ1) is 10.1. The molecule has 3 aromatic rings. The van der Waals surface area contributed by atoms with Gasteiger partial charge in [-0.25, -0.2) is 0 Å². The van der Waals surface area contributed by atoms with Crippen LogP contribution in [-0.2, 0) is 0 Å². The van der Waals surface area contributed by atoms with Gasteiger partial charge in [0, 0.05) is 9.86 Å². The molecule has 0 aliphatic rings. The Morgan fingerprint density at radius 2 is 1.90 bits per heavy atom. The van der Waals surface area contributed by atoms with E-state index >= 15 is 0 Å². The standard InChI is InChI=1S/C17H15BrN2O/c1-11(12-5-3-2-4-6-12)21-17-14-9-13(18)7-8-16(14)20-10-15(17)19/h2-11H,19H2,1H3. The molecule has 106 valence electrons. The average Bonchev–Trinajstić information content (AvgIpc) is 2.51. The average molecular weight is 343 g/mol. The Labute approximate surface area is 131 Å². The molecule has 2 aromatic carbocycles. The van der Waals surface area contributed by atoms with Gasteiger partial charge >= 0.3 is 0 Å². The summed E-state index contributed by atoms with van der Waals surface area (Å²) in [6.45, 7) is 2.01. The summed E-state index contributed by atoms with van der Waals surface area (Å²) >= 11 is 3.48. The molecule has 1 unspecified atom stereocenters. The Morgan fingerprint density at radius 1 is 1.14 bits per heavy atom. The minimum atomic E-state index is -0.0851. The van der Waals surface area contributed by atoms with Gasteiger partial charge in [0.1, 0.15) is 6.10 Å². The number of benzene rings is 2. The maximum Gasteiger partial charge on any atom is 0.154 e. The number of hydrogen-bond acceptors (Lipinski definition) is 3. The predicted octanol–water partition coefficient (Wildman–Crippen LogP) is 4.72. The first-order valence-corrected chi connectivity index (χ1v) is 7.50. The van der Waals surface area contributed by atoms with Crippen molar-refractivity contribution in [2.45, 2.75) is 13.0 Å². The summed E-state index contributed by atoms with van der Waals surface area (Å²) < 4.78 is 7.09. The summed E-state index contributed by atoms with van der Waals surface area (Å²) in [4.78, 5) is 4.34. The maximum atomic E-state index is 6.11. The monoisotopic (exact) mass is 342 g/mol. The summed E-state index contributed by atoms with van der Waals surface area (Å²) in [7, 11) is 0. The van der Waals surface area contributed by atoms with Crippen molar-refractivity contribution in [1.29, 1.82) is 0 Å². The fourth-order valence-electron chi connectivity index (χ4n) is 2.26. The summed E-state index contributed by atoms with van der Waals surface area (Å²) in [5.41, 5.74) is 8.58. The number of hydrogen-bond donors (Lipinski definition) is 1. The van der Waals surface area contributed by atoms with Gasteiger partial charge in [-0.15, -0.1) is 0 Å². The van der Waals surface area contributed by atoms with E-state index in [1.165, 1.54) is 0 Å². The van der Waals surface area contributed by atoms with E-state index in [1.54, 1.807) is 6.20 Å². The van der Waals surface area contributed by atoms with Crippen LogP contribution in [0.2, 0.25) is 0 Å². The van der Waals surface area contributed by atoms with E-state index in [0.717, 1.165) is 20.9 Å². The fraction of sp³-hybridized carbons (Fsp3) is 0.118. The second kappa shape index (κ2) is 5.74. The van der Waals surface area contributed by atoms with Crippen molar-refractivity contribution in [3.8, 4) is 5.75 Å². The molecule has 1 atom stereocenters. The minimum absolute atomic E-state index is 0.0851. The zero-order valence-electron chi connectivity index (χ0n) is 11.6. The van der Waals surface area contributed by atoms with Crippen molar-refractivity contribution in [2.24, 2.45) is 0 Å². The van der Waals surface area contributed by atoms with Crippen LogP contribution in [-0.4, -0.2) is 4.98 Å². The highest BCUT2D eigenvalue weighted by Gasteiger charge is 2.13. The lowest BCUT2D eigenvalue weighted by atomic mass is 10.1. The fourth-order valence-corrected chi connectivity index (χ4v) is 2.62. The minimum Gasteiger partial charge on any atom is -0.483 e. The first-order valence-electron chi connectivity index (χ1n) is 6.70. The van der Waals surface area contributed by atoms with Gasteiger partial charge in [-0.2, -0.15) is 0 Å². The third kappa shape index (κ3) is 2.85. The number of nitrogens with zero attached hydrogens (tertiary/aromatic N) is 1. The van der Waals surface area contributed by atoms with Crippen LogP contribution in [0.25, 0.3) is 10.9 Å². The number of aromatic nitrogens is 1. The third-order valence-electron chi connectivity index (χ3n) is 3.37. The Balaban J connectivity index is 2.03. The number of nitrogens with two attached hydrogens (primary N) is 1. The number of halogens is 1. The molecule has 0 fully saturated rings. The molecule has 1 heterocycles. The molecule has 0 bridgehead atoms. The van der Waals surface area contributed by atoms with Crippen LogP contribution >= 0.6 is 15.9 Å². The second-order valence-corrected chi connectivity index (χ2v) is 5.79. The smallest absolute Gasteiger partial charge is 0.154 e. The lowest BCUT2D eigenvalue weighted by molar-refractivity contribution is 0.231. The van der Waals surface area contributed by atoms with Gasteiger partial charge in [-0.05, 0) is 30.7 Å². The number of fused-ring (bicyclic) bond motifs is 1. The van der Waals surface area contributed by atoms with Gasteiger partial charge < -0.3 is 10.5 Å². The molecule has 3 nitrogen and oxygen atoms in total. The van der Waals surface area contributed by atoms with E-state index in [4.69, 9.17) is 10.5 Å². The predicted molar refractivity (Wildman–Crippen MR) is 89.3 cm³/mol. The number of pyridine rings is 1. The molecule has 21 heavy (non-hydrogen) atoms. The van der Waals surface area contributed by atoms with Gasteiger partial charge in [-0.3, -0.25) is 4.98 Å². The van der Waals surface area contributed by atoms with Gasteiger partial charge in [0.2, 0.25) is 0 Å². The van der Waals surface area contributed by atoms with Crippen molar-refractivity contribution < 1.29 is 4.74 Å². The lowest BCUT2D eigenvalue weighted by Crippen LogP contribution is -2.05. The molecule has 0 saturated carbocycles. The molecule has 0 amide bonds. The second-order valence-electron chi connectivity index (χ2n) is 4.87. The molecule has 2 N–H and O–H groups in total. The van der Waals surface area contributed by atoms with E-state index in [2.05, 4.69) is 20.9 Å². The zero-order chi connectivity index (χ0) is 14.8. The van der Waals surface area contributed by atoms with Crippen LogP contribution in [0.1, 0.15) is 18.6 Å². The molecular weight excluding hydrogens is 328 g/mol. The quantitative estimate of drug-likeness (QED) is 0.749. The Hall–Kier alpha value is -2.07. The summed E-state index contributed by atoms with van der Waals surface area (Å²) in [6.07, 6.45) is 1.56. The lowest BCUT2D eigenvalue weighted by Gasteiger charge is -2.18. The molecule has 0 aliphatic carbocycles.